The van der Waals surface area contributed by atoms with Crippen LogP contribution in [-0.2, 0) is 6.42 Å². The fourth-order valence-electron chi connectivity index (χ4n) is 3.97. The minimum Gasteiger partial charge on any atom is -0.496 e. The van der Waals surface area contributed by atoms with E-state index in [9.17, 15) is 4.39 Å². The van der Waals surface area contributed by atoms with Crippen LogP contribution in [0, 0.1) is 5.82 Å². The van der Waals surface area contributed by atoms with E-state index in [1.807, 2.05) is 18.2 Å². The van der Waals surface area contributed by atoms with Crippen molar-refractivity contribution < 1.29 is 18.6 Å². The molecule has 3 rings (SSSR count). The summed E-state index contributed by atoms with van der Waals surface area (Å²) < 4.78 is 29.9. The number of nitrogens with one attached hydrogen (secondary N) is 2. The first-order chi connectivity index (χ1) is 15.6. The van der Waals surface area contributed by atoms with E-state index in [-0.39, 0.29) is 5.82 Å². The van der Waals surface area contributed by atoms with Gasteiger partial charge in [0.2, 0.25) is 0 Å². The van der Waals surface area contributed by atoms with Gasteiger partial charge in [-0.25, -0.2) is 4.39 Å². The molecule has 0 amide bonds. The third-order valence-corrected chi connectivity index (χ3v) is 5.72. The largest absolute Gasteiger partial charge is 0.496 e. The summed E-state index contributed by atoms with van der Waals surface area (Å²) in [6.07, 6.45) is 2.61. The van der Waals surface area contributed by atoms with Gasteiger partial charge in [-0.3, -0.25) is 4.99 Å². The highest BCUT2D eigenvalue weighted by Gasteiger charge is 2.21. The SMILES string of the molecule is CN=C(NCCc1c(OC)cc(OC)cc1OC)NC1CCN(c2cccc(F)c2)CC1. The van der Waals surface area contributed by atoms with E-state index in [1.54, 1.807) is 40.5 Å². The number of anilines is 1. The van der Waals surface area contributed by atoms with Crippen LogP contribution in [0.15, 0.2) is 41.4 Å². The van der Waals surface area contributed by atoms with E-state index < -0.39 is 0 Å². The smallest absolute Gasteiger partial charge is 0.191 e. The van der Waals surface area contributed by atoms with E-state index >= 15 is 0 Å². The van der Waals surface area contributed by atoms with E-state index in [0.29, 0.717) is 24.8 Å². The van der Waals surface area contributed by atoms with Crippen LogP contribution in [0.3, 0.4) is 0 Å². The van der Waals surface area contributed by atoms with E-state index in [2.05, 4.69) is 20.5 Å². The van der Waals surface area contributed by atoms with Crippen LogP contribution in [0.5, 0.6) is 17.2 Å². The molecule has 174 valence electrons. The maximum Gasteiger partial charge on any atom is 0.191 e. The molecule has 0 aliphatic carbocycles. The Morgan fingerprint density at radius 3 is 2.31 bits per heavy atom. The predicted molar refractivity (Wildman–Crippen MR) is 126 cm³/mol. The molecule has 1 saturated heterocycles. The third kappa shape index (κ3) is 5.96. The monoisotopic (exact) mass is 444 g/mol. The molecule has 1 aliphatic heterocycles. The van der Waals surface area contributed by atoms with Crippen molar-refractivity contribution in [3.8, 4) is 17.2 Å². The Kier molecular flexibility index (Phi) is 8.41. The van der Waals surface area contributed by atoms with Gasteiger partial charge in [0.15, 0.2) is 5.96 Å². The number of hydrogen-bond donors (Lipinski definition) is 2. The number of halogens is 1. The van der Waals surface area contributed by atoms with Crippen molar-refractivity contribution in [2.75, 3.05) is 52.9 Å². The van der Waals surface area contributed by atoms with Crippen molar-refractivity contribution in [2.24, 2.45) is 4.99 Å². The second kappa shape index (κ2) is 11.5. The molecule has 2 aromatic carbocycles. The second-order valence-electron chi connectivity index (χ2n) is 7.64. The molecular weight excluding hydrogens is 411 g/mol. The molecule has 0 atom stereocenters. The van der Waals surface area contributed by atoms with Crippen LogP contribution in [0.4, 0.5) is 10.1 Å². The number of rotatable bonds is 8. The van der Waals surface area contributed by atoms with Crippen molar-refractivity contribution in [1.82, 2.24) is 10.6 Å². The Labute approximate surface area is 189 Å². The molecule has 2 aromatic rings. The normalized spacial score (nSPS) is 14.8. The molecule has 0 unspecified atom stereocenters. The molecule has 1 aliphatic rings. The molecule has 0 spiro atoms. The molecule has 0 aromatic heterocycles. The van der Waals surface area contributed by atoms with Crippen LogP contribution in [0.1, 0.15) is 18.4 Å². The molecule has 2 N–H and O–H groups in total. The lowest BCUT2D eigenvalue weighted by Gasteiger charge is -2.34. The Morgan fingerprint density at radius 2 is 1.75 bits per heavy atom. The van der Waals surface area contributed by atoms with E-state index in [0.717, 1.165) is 54.6 Å². The minimum atomic E-state index is -0.197. The summed E-state index contributed by atoms with van der Waals surface area (Å²) >= 11 is 0. The van der Waals surface area contributed by atoms with E-state index in [4.69, 9.17) is 14.2 Å². The lowest BCUT2D eigenvalue weighted by Crippen LogP contribution is -2.49. The van der Waals surface area contributed by atoms with Gasteiger partial charge >= 0.3 is 0 Å². The topological polar surface area (TPSA) is 67.4 Å². The summed E-state index contributed by atoms with van der Waals surface area (Å²) in [6, 6.07) is 10.8. The van der Waals surface area contributed by atoms with Crippen molar-refractivity contribution in [2.45, 2.75) is 25.3 Å². The summed E-state index contributed by atoms with van der Waals surface area (Å²) in [7, 11) is 6.67. The Morgan fingerprint density at radius 1 is 1.06 bits per heavy atom. The quantitative estimate of drug-likeness (QED) is 0.481. The molecule has 0 radical (unpaired) electrons. The first-order valence-electron chi connectivity index (χ1n) is 10.8. The second-order valence-corrected chi connectivity index (χ2v) is 7.64. The van der Waals surface area contributed by atoms with Crippen molar-refractivity contribution in [3.63, 3.8) is 0 Å². The average molecular weight is 445 g/mol. The van der Waals surface area contributed by atoms with Crippen LogP contribution in [0.25, 0.3) is 0 Å². The maximum absolute atomic E-state index is 13.5. The van der Waals surface area contributed by atoms with Gasteiger partial charge in [-0.2, -0.15) is 0 Å². The van der Waals surface area contributed by atoms with Gasteiger partial charge in [0.1, 0.15) is 23.1 Å². The van der Waals surface area contributed by atoms with Crippen molar-refractivity contribution in [1.29, 1.82) is 0 Å². The van der Waals surface area contributed by atoms with Gasteiger partial charge in [-0.05, 0) is 37.5 Å². The minimum absolute atomic E-state index is 0.197. The first-order valence-corrected chi connectivity index (χ1v) is 10.8. The van der Waals surface area contributed by atoms with Crippen molar-refractivity contribution in [3.05, 3.63) is 47.8 Å². The number of guanidine groups is 1. The average Bonchev–Trinajstić information content (AvgIpc) is 2.83. The van der Waals surface area contributed by atoms with Gasteiger partial charge in [0, 0.05) is 56.1 Å². The van der Waals surface area contributed by atoms with Gasteiger partial charge in [0.25, 0.3) is 0 Å². The molecule has 8 heteroatoms. The standard InChI is InChI=1S/C24H33FN4O3/c1-26-24(27-11-8-21-22(31-3)15-20(30-2)16-23(21)32-4)28-18-9-12-29(13-10-18)19-7-5-6-17(25)14-19/h5-7,14-16,18H,8-13H2,1-4H3,(H2,26,27,28). The third-order valence-electron chi connectivity index (χ3n) is 5.72. The summed E-state index contributed by atoms with van der Waals surface area (Å²) in [4.78, 5) is 6.59. The summed E-state index contributed by atoms with van der Waals surface area (Å²) in [5.41, 5.74) is 1.91. The fraction of sp³-hybridized carbons (Fsp3) is 0.458. The number of piperidine rings is 1. The lowest BCUT2D eigenvalue weighted by molar-refractivity contribution is 0.368. The molecule has 0 saturated carbocycles. The number of aliphatic imine (C=N–C) groups is 1. The predicted octanol–water partition coefficient (Wildman–Crippen LogP) is 3.23. The fourth-order valence-corrected chi connectivity index (χ4v) is 3.97. The Balaban J connectivity index is 1.51. The molecule has 1 fully saturated rings. The zero-order valence-corrected chi connectivity index (χ0v) is 19.3. The molecule has 32 heavy (non-hydrogen) atoms. The highest BCUT2D eigenvalue weighted by atomic mass is 19.1. The first kappa shape index (κ1) is 23.5. The zero-order chi connectivity index (χ0) is 22.9. The van der Waals surface area contributed by atoms with Gasteiger partial charge in [0.05, 0.1) is 21.3 Å². The van der Waals surface area contributed by atoms with Gasteiger partial charge in [-0.15, -0.1) is 0 Å². The summed E-state index contributed by atoms with van der Waals surface area (Å²) in [5, 5.41) is 6.89. The highest BCUT2D eigenvalue weighted by molar-refractivity contribution is 5.80. The van der Waals surface area contributed by atoms with Crippen molar-refractivity contribution >= 4 is 11.6 Å². The lowest BCUT2D eigenvalue weighted by atomic mass is 10.0. The highest BCUT2D eigenvalue weighted by Crippen LogP contribution is 2.34. The summed E-state index contributed by atoms with van der Waals surface area (Å²) in [6.45, 7) is 2.41. The Hall–Kier alpha value is -3.16. The number of benzene rings is 2. The number of methoxy groups -OCH3 is 3. The molecular formula is C24H33FN4O3. The zero-order valence-electron chi connectivity index (χ0n) is 19.3. The number of nitrogens with zero attached hydrogens (tertiary/aromatic N) is 2. The number of ether oxygens (including phenoxy) is 3. The molecule has 1 heterocycles. The molecule has 0 bridgehead atoms. The van der Waals surface area contributed by atoms with Crippen LogP contribution < -0.4 is 29.7 Å². The molecule has 7 nitrogen and oxygen atoms in total. The van der Waals surface area contributed by atoms with E-state index in [1.165, 1.54) is 6.07 Å². The van der Waals surface area contributed by atoms with Crippen LogP contribution in [-0.4, -0.2) is 60.0 Å². The van der Waals surface area contributed by atoms with Gasteiger partial charge in [-0.1, -0.05) is 6.07 Å². The maximum atomic E-state index is 13.5. The van der Waals surface area contributed by atoms with Crippen LogP contribution in [0.2, 0.25) is 0 Å². The Bertz CT molecular complexity index is 889. The number of hydrogen-bond acceptors (Lipinski definition) is 5. The van der Waals surface area contributed by atoms with Crippen LogP contribution >= 0.6 is 0 Å². The summed E-state index contributed by atoms with van der Waals surface area (Å²) in [5.74, 6) is 2.72. The van der Waals surface area contributed by atoms with Gasteiger partial charge < -0.3 is 29.7 Å².